The summed E-state index contributed by atoms with van der Waals surface area (Å²) in [7, 11) is 1.87. The summed E-state index contributed by atoms with van der Waals surface area (Å²) in [6.07, 6.45) is 1.12. The third kappa shape index (κ3) is 3.60. The van der Waals surface area contributed by atoms with Gasteiger partial charge in [0.25, 0.3) is 5.91 Å². The lowest BCUT2D eigenvalue weighted by Gasteiger charge is -2.19. The Hall–Kier alpha value is -2.01. The zero-order valence-corrected chi connectivity index (χ0v) is 13.9. The molecule has 2 aromatic rings. The molecule has 0 radical (unpaired) electrons. The van der Waals surface area contributed by atoms with Gasteiger partial charge in [0, 0.05) is 18.3 Å². The van der Waals surface area contributed by atoms with Crippen molar-refractivity contribution in [2.24, 2.45) is 7.05 Å². The summed E-state index contributed by atoms with van der Waals surface area (Å²) in [5, 5.41) is 7.60. The van der Waals surface area contributed by atoms with Crippen LogP contribution >= 0.6 is 11.6 Å². The van der Waals surface area contributed by atoms with E-state index in [1.54, 1.807) is 29.9 Å². The van der Waals surface area contributed by atoms with Crippen molar-refractivity contribution in [3.8, 4) is 5.75 Å². The molecule has 0 bridgehead atoms. The minimum atomic E-state index is -0.640. The number of ether oxygens (including phenoxy) is 1. The molecule has 1 aromatic carbocycles. The number of nitrogens with one attached hydrogen (secondary N) is 1. The molecule has 0 saturated carbocycles. The van der Waals surface area contributed by atoms with Gasteiger partial charge < -0.3 is 10.1 Å². The number of halogens is 1. The fraction of sp³-hybridized carbons (Fsp3) is 0.375. The Morgan fingerprint density at radius 3 is 2.64 bits per heavy atom. The summed E-state index contributed by atoms with van der Waals surface area (Å²) >= 11 is 6.03. The van der Waals surface area contributed by atoms with E-state index in [1.165, 1.54) is 0 Å². The minimum Gasteiger partial charge on any atom is -0.479 e. The number of para-hydroxylation sites is 1. The van der Waals surface area contributed by atoms with Gasteiger partial charge in [0.1, 0.15) is 5.75 Å². The zero-order chi connectivity index (χ0) is 16.3. The van der Waals surface area contributed by atoms with Gasteiger partial charge >= 0.3 is 0 Å². The Bertz CT molecular complexity index is 669. The van der Waals surface area contributed by atoms with Crippen LogP contribution in [-0.2, 0) is 11.8 Å². The molecule has 0 saturated heterocycles. The maximum Gasteiger partial charge on any atom is 0.261 e. The molecular formula is C16H20ClN3O2. The van der Waals surface area contributed by atoms with Crippen LogP contribution in [0, 0.1) is 6.92 Å². The van der Waals surface area contributed by atoms with Crippen LogP contribution in [0.2, 0.25) is 5.02 Å². The first-order chi connectivity index (χ1) is 10.4. The van der Waals surface area contributed by atoms with Crippen LogP contribution in [0.15, 0.2) is 30.5 Å². The van der Waals surface area contributed by atoms with Crippen molar-refractivity contribution in [1.29, 1.82) is 0 Å². The Kier molecular flexibility index (Phi) is 5.08. The fourth-order valence-electron chi connectivity index (χ4n) is 2.13. The number of benzene rings is 1. The number of aromatic nitrogens is 2. The van der Waals surface area contributed by atoms with E-state index in [0.717, 1.165) is 11.3 Å². The molecule has 22 heavy (non-hydrogen) atoms. The first kappa shape index (κ1) is 16.4. The van der Waals surface area contributed by atoms with Crippen LogP contribution in [0.3, 0.4) is 0 Å². The second kappa shape index (κ2) is 6.83. The van der Waals surface area contributed by atoms with Gasteiger partial charge in [-0.2, -0.15) is 5.10 Å². The molecule has 1 amide bonds. The van der Waals surface area contributed by atoms with E-state index >= 15 is 0 Å². The Balaban J connectivity index is 1.99. The van der Waals surface area contributed by atoms with Gasteiger partial charge in [-0.15, -0.1) is 0 Å². The minimum absolute atomic E-state index is 0.140. The predicted molar refractivity (Wildman–Crippen MR) is 86.0 cm³/mol. The highest BCUT2D eigenvalue weighted by molar-refractivity contribution is 6.32. The molecule has 0 aliphatic rings. The number of aryl methyl sites for hydroxylation is 1. The lowest BCUT2D eigenvalue weighted by atomic mass is 10.1. The van der Waals surface area contributed by atoms with E-state index in [1.807, 2.05) is 33.0 Å². The molecule has 0 fully saturated rings. The smallest absolute Gasteiger partial charge is 0.261 e. The van der Waals surface area contributed by atoms with Crippen LogP contribution in [0.5, 0.6) is 5.75 Å². The van der Waals surface area contributed by atoms with Crippen LogP contribution < -0.4 is 10.1 Å². The summed E-state index contributed by atoms with van der Waals surface area (Å²) in [5.41, 5.74) is 2.01. The highest BCUT2D eigenvalue weighted by atomic mass is 35.5. The summed E-state index contributed by atoms with van der Waals surface area (Å²) in [4.78, 5) is 12.3. The van der Waals surface area contributed by atoms with Crippen molar-refractivity contribution in [2.45, 2.75) is 32.9 Å². The highest BCUT2D eigenvalue weighted by Crippen LogP contribution is 2.24. The van der Waals surface area contributed by atoms with Crippen LogP contribution in [-0.4, -0.2) is 21.8 Å². The Morgan fingerprint density at radius 2 is 2.05 bits per heavy atom. The first-order valence-corrected chi connectivity index (χ1v) is 7.48. The maximum absolute atomic E-state index is 12.3. The van der Waals surface area contributed by atoms with Crippen molar-refractivity contribution < 1.29 is 9.53 Å². The maximum atomic E-state index is 12.3. The number of rotatable bonds is 5. The predicted octanol–water partition coefficient (Wildman–Crippen LogP) is 3.03. The molecule has 0 spiro atoms. The van der Waals surface area contributed by atoms with Gasteiger partial charge in [-0.3, -0.25) is 9.48 Å². The van der Waals surface area contributed by atoms with Crippen molar-refractivity contribution in [1.82, 2.24) is 15.1 Å². The summed E-state index contributed by atoms with van der Waals surface area (Å²) < 4.78 is 7.39. The molecule has 1 N–H and O–H groups in total. The fourth-order valence-corrected chi connectivity index (χ4v) is 2.31. The van der Waals surface area contributed by atoms with Gasteiger partial charge in [0.15, 0.2) is 6.10 Å². The molecule has 1 aromatic heterocycles. The zero-order valence-electron chi connectivity index (χ0n) is 13.1. The summed E-state index contributed by atoms with van der Waals surface area (Å²) in [6.45, 7) is 5.58. The monoisotopic (exact) mass is 321 g/mol. The molecule has 0 aliphatic carbocycles. The number of carbonyl (C=O) groups is 1. The lowest BCUT2D eigenvalue weighted by Crippen LogP contribution is -2.37. The topological polar surface area (TPSA) is 56.1 Å². The van der Waals surface area contributed by atoms with Gasteiger partial charge in [-0.1, -0.05) is 23.7 Å². The summed E-state index contributed by atoms with van der Waals surface area (Å²) in [6, 6.07) is 6.95. The molecule has 118 valence electrons. The molecule has 1 heterocycles. The van der Waals surface area contributed by atoms with Crippen LogP contribution in [0.4, 0.5) is 0 Å². The Labute approximate surface area is 135 Å². The molecule has 2 atom stereocenters. The molecule has 2 rings (SSSR count). The highest BCUT2D eigenvalue weighted by Gasteiger charge is 2.20. The van der Waals surface area contributed by atoms with E-state index in [0.29, 0.717) is 10.8 Å². The second-order valence-corrected chi connectivity index (χ2v) is 5.64. The average molecular weight is 322 g/mol. The third-order valence-corrected chi connectivity index (χ3v) is 3.92. The molecule has 0 aliphatic heterocycles. The number of nitrogens with zero attached hydrogens (tertiary/aromatic N) is 2. The lowest BCUT2D eigenvalue weighted by molar-refractivity contribution is -0.127. The van der Waals surface area contributed by atoms with E-state index in [4.69, 9.17) is 16.3 Å². The molecule has 6 heteroatoms. The van der Waals surface area contributed by atoms with E-state index in [2.05, 4.69) is 10.4 Å². The van der Waals surface area contributed by atoms with Gasteiger partial charge in [-0.25, -0.2) is 0 Å². The summed E-state index contributed by atoms with van der Waals surface area (Å²) in [5.74, 6) is 0.299. The second-order valence-electron chi connectivity index (χ2n) is 5.23. The van der Waals surface area contributed by atoms with Crippen molar-refractivity contribution >= 4 is 17.5 Å². The standard InChI is InChI=1S/C16H20ClN3O2/c1-10(13-9-18-20(4)11(13)2)19-16(21)12(3)22-15-8-6-5-7-14(15)17/h5-10,12H,1-4H3,(H,19,21)/t10-,12-/m1/s1. The SMILES string of the molecule is Cc1c([C@@H](C)NC(=O)[C@@H](C)Oc2ccccc2Cl)cnn1C. The van der Waals surface area contributed by atoms with Gasteiger partial charge in [0.2, 0.25) is 0 Å². The van der Waals surface area contributed by atoms with Crippen LogP contribution in [0.1, 0.15) is 31.1 Å². The van der Waals surface area contributed by atoms with Crippen LogP contribution in [0.25, 0.3) is 0 Å². The number of hydrogen-bond donors (Lipinski definition) is 1. The van der Waals surface area contributed by atoms with Crippen molar-refractivity contribution in [2.75, 3.05) is 0 Å². The van der Waals surface area contributed by atoms with Gasteiger partial charge in [-0.05, 0) is 32.9 Å². The quantitative estimate of drug-likeness (QED) is 0.921. The van der Waals surface area contributed by atoms with E-state index in [9.17, 15) is 4.79 Å². The normalized spacial score (nSPS) is 13.5. The van der Waals surface area contributed by atoms with E-state index < -0.39 is 6.10 Å². The third-order valence-electron chi connectivity index (χ3n) is 3.61. The number of carbonyl (C=O) groups excluding carboxylic acids is 1. The number of amides is 1. The van der Waals surface area contributed by atoms with Gasteiger partial charge in [0.05, 0.1) is 17.3 Å². The molecular weight excluding hydrogens is 302 g/mol. The van der Waals surface area contributed by atoms with Crippen molar-refractivity contribution in [3.05, 3.63) is 46.7 Å². The molecule has 0 unspecified atom stereocenters. The van der Waals surface area contributed by atoms with E-state index in [-0.39, 0.29) is 11.9 Å². The molecule has 5 nitrogen and oxygen atoms in total. The van der Waals surface area contributed by atoms with Crippen molar-refractivity contribution in [3.63, 3.8) is 0 Å². The Morgan fingerprint density at radius 1 is 1.36 bits per heavy atom. The average Bonchev–Trinajstić information content (AvgIpc) is 2.81. The number of hydrogen-bond acceptors (Lipinski definition) is 3. The largest absolute Gasteiger partial charge is 0.479 e. The first-order valence-electron chi connectivity index (χ1n) is 7.10.